The molecule has 0 N–H and O–H groups in total. The molecule has 0 heterocycles. The van der Waals surface area contributed by atoms with Gasteiger partial charge in [-0.3, -0.25) is 4.79 Å². The molecule has 0 bridgehead atoms. The van der Waals surface area contributed by atoms with Gasteiger partial charge in [0.2, 0.25) is 0 Å². The second-order valence-electron chi connectivity index (χ2n) is 5.08. The Morgan fingerprint density at radius 1 is 1.08 bits per heavy atom. The molecule has 1 amide bonds. The van der Waals surface area contributed by atoms with E-state index < -0.39 is 5.97 Å². The maximum Gasteiger partial charge on any atom is 0.331 e. The molecule has 1 aromatic carbocycles. The number of carbonyl (C=O) groups excluding carboxylic acids is 2. The molecular weight excluding hydrogens is 326 g/mol. The number of ether oxygens (including phenoxy) is 4. The minimum atomic E-state index is -0.588. The number of esters is 1. The van der Waals surface area contributed by atoms with Gasteiger partial charge in [0.25, 0.3) is 5.91 Å². The zero-order valence-electron chi connectivity index (χ0n) is 14.9. The molecule has 0 saturated carbocycles. The average molecular weight is 351 g/mol. The van der Waals surface area contributed by atoms with Gasteiger partial charge in [0, 0.05) is 33.4 Å². The van der Waals surface area contributed by atoms with Crippen LogP contribution in [0.3, 0.4) is 0 Å². The summed E-state index contributed by atoms with van der Waals surface area (Å²) >= 11 is 0. The number of methoxy groups -OCH3 is 3. The van der Waals surface area contributed by atoms with E-state index in [0.717, 1.165) is 5.56 Å². The number of benzene rings is 1. The number of hydrogen-bond acceptors (Lipinski definition) is 6. The summed E-state index contributed by atoms with van der Waals surface area (Å²) in [5, 5.41) is 0. The Bertz CT molecular complexity index is 564. The van der Waals surface area contributed by atoms with Gasteiger partial charge < -0.3 is 23.8 Å². The Morgan fingerprint density at radius 2 is 1.76 bits per heavy atom. The predicted molar refractivity (Wildman–Crippen MR) is 93.3 cm³/mol. The molecule has 25 heavy (non-hydrogen) atoms. The lowest BCUT2D eigenvalue weighted by atomic mass is 10.2. The summed E-state index contributed by atoms with van der Waals surface area (Å²) in [6, 6.07) is 7.24. The van der Waals surface area contributed by atoms with Crippen molar-refractivity contribution in [3.05, 3.63) is 35.9 Å². The monoisotopic (exact) mass is 351 g/mol. The lowest BCUT2D eigenvalue weighted by Gasteiger charge is -2.21. The van der Waals surface area contributed by atoms with Gasteiger partial charge in [-0.25, -0.2) is 4.79 Å². The highest BCUT2D eigenvalue weighted by atomic mass is 16.5. The van der Waals surface area contributed by atoms with Crippen molar-refractivity contribution in [2.24, 2.45) is 0 Å². The summed E-state index contributed by atoms with van der Waals surface area (Å²) in [7, 11) is 4.69. The first-order valence-corrected chi connectivity index (χ1v) is 7.85. The molecule has 0 aliphatic rings. The van der Waals surface area contributed by atoms with E-state index in [4.69, 9.17) is 18.9 Å². The van der Waals surface area contributed by atoms with Gasteiger partial charge in [0.05, 0.1) is 20.3 Å². The first kappa shape index (κ1) is 20.7. The molecule has 0 fully saturated rings. The molecular formula is C18H25NO6. The van der Waals surface area contributed by atoms with Gasteiger partial charge >= 0.3 is 5.97 Å². The molecule has 0 aliphatic heterocycles. The van der Waals surface area contributed by atoms with Gasteiger partial charge in [0.15, 0.2) is 6.61 Å². The lowest BCUT2D eigenvalue weighted by Crippen LogP contribution is -2.39. The molecule has 0 atom stereocenters. The first-order valence-electron chi connectivity index (χ1n) is 7.85. The molecule has 0 aliphatic carbocycles. The van der Waals surface area contributed by atoms with Crippen LogP contribution in [0.5, 0.6) is 5.75 Å². The van der Waals surface area contributed by atoms with Crippen LogP contribution < -0.4 is 4.74 Å². The quantitative estimate of drug-likeness (QED) is 0.443. The number of amides is 1. The fourth-order valence-electron chi connectivity index (χ4n) is 1.95. The summed E-state index contributed by atoms with van der Waals surface area (Å²) < 4.78 is 20.0. The summed E-state index contributed by atoms with van der Waals surface area (Å²) in [5.74, 6) is -0.190. The van der Waals surface area contributed by atoms with Crippen LogP contribution in [-0.2, 0) is 23.8 Å². The van der Waals surface area contributed by atoms with E-state index in [-0.39, 0.29) is 12.5 Å². The third-order valence-corrected chi connectivity index (χ3v) is 3.33. The predicted octanol–water partition coefficient (Wildman–Crippen LogP) is 1.37. The lowest BCUT2D eigenvalue weighted by molar-refractivity contribution is -0.148. The highest BCUT2D eigenvalue weighted by molar-refractivity contribution is 5.89. The van der Waals surface area contributed by atoms with Crippen molar-refractivity contribution in [2.75, 3.05) is 54.2 Å². The fraction of sp³-hybridized carbons (Fsp3) is 0.444. The van der Waals surface area contributed by atoms with Crippen molar-refractivity contribution in [2.45, 2.75) is 0 Å². The molecule has 0 unspecified atom stereocenters. The highest BCUT2D eigenvalue weighted by Gasteiger charge is 2.14. The van der Waals surface area contributed by atoms with Crippen LogP contribution in [0.4, 0.5) is 0 Å². The van der Waals surface area contributed by atoms with Gasteiger partial charge in [0.1, 0.15) is 5.75 Å². The maximum atomic E-state index is 12.1. The van der Waals surface area contributed by atoms with E-state index in [1.54, 1.807) is 33.5 Å². The summed E-state index contributed by atoms with van der Waals surface area (Å²) in [4.78, 5) is 25.4. The van der Waals surface area contributed by atoms with E-state index in [1.165, 1.54) is 11.0 Å². The Morgan fingerprint density at radius 3 is 2.36 bits per heavy atom. The van der Waals surface area contributed by atoms with Crippen molar-refractivity contribution in [3.63, 3.8) is 0 Å². The summed E-state index contributed by atoms with van der Waals surface area (Å²) in [5.41, 5.74) is 0.796. The third-order valence-electron chi connectivity index (χ3n) is 3.33. The molecule has 7 heteroatoms. The largest absolute Gasteiger partial charge is 0.497 e. The molecule has 0 saturated heterocycles. The van der Waals surface area contributed by atoms with Crippen LogP contribution in [-0.4, -0.2) is 71.0 Å². The molecule has 0 radical (unpaired) electrons. The van der Waals surface area contributed by atoms with Gasteiger partial charge in [-0.2, -0.15) is 0 Å². The normalized spacial score (nSPS) is 10.7. The number of hydrogen-bond donors (Lipinski definition) is 0. The molecule has 1 aromatic rings. The van der Waals surface area contributed by atoms with Crippen LogP contribution in [0.1, 0.15) is 5.56 Å². The van der Waals surface area contributed by atoms with E-state index >= 15 is 0 Å². The van der Waals surface area contributed by atoms with E-state index in [2.05, 4.69) is 0 Å². The SMILES string of the molecule is COCCN(CCOC)C(=O)COC(=O)C=Cc1cccc(OC)c1. The van der Waals surface area contributed by atoms with Crippen LogP contribution in [0.2, 0.25) is 0 Å². The smallest absolute Gasteiger partial charge is 0.331 e. The summed E-state index contributed by atoms with van der Waals surface area (Å²) in [6.07, 6.45) is 2.87. The third kappa shape index (κ3) is 8.32. The second-order valence-corrected chi connectivity index (χ2v) is 5.08. The van der Waals surface area contributed by atoms with Crippen LogP contribution in [0.15, 0.2) is 30.3 Å². The van der Waals surface area contributed by atoms with Crippen LogP contribution in [0.25, 0.3) is 6.08 Å². The van der Waals surface area contributed by atoms with Gasteiger partial charge in [-0.1, -0.05) is 12.1 Å². The number of rotatable bonds is 11. The first-order chi connectivity index (χ1) is 12.1. The van der Waals surface area contributed by atoms with Crippen molar-refractivity contribution in [1.29, 1.82) is 0 Å². The van der Waals surface area contributed by atoms with E-state index in [9.17, 15) is 9.59 Å². The molecule has 138 valence electrons. The molecule has 0 spiro atoms. The summed E-state index contributed by atoms with van der Waals surface area (Å²) in [6.45, 7) is 1.30. The fourth-order valence-corrected chi connectivity index (χ4v) is 1.95. The molecule has 7 nitrogen and oxygen atoms in total. The maximum absolute atomic E-state index is 12.1. The minimum Gasteiger partial charge on any atom is -0.497 e. The topological polar surface area (TPSA) is 74.3 Å². The number of carbonyl (C=O) groups is 2. The van der Waals surface area contributed by atoms with Crippen molar-refractivity contribution in [1.82, 2.24) is 4.90 Å². The number of nitrogens with zero attached hydrogens (tertiary/aromatic N) is 1. The highest BCUT2D eigenvalue weighted by Crippen LogP contribution is 2.13. The van der Waals surface area contributed by atoms with E-state index in [1.807, 2.05) is 18.2 Å². The Kier molecular flexibility index (Phi) is 9.96. The molecule has 1 rings (SSSR count). The van der Waals surface area contributed by atoms with Crippen molar-refractivity contribution >= 4 is 18.0 Å². The van der Waals surface area contributed by atoms with Gasteiger partial charge in [-0.15, -0.1) is 0 Å². The standard InChI is InChI=1S/C18H25NO6/c1-22-11-9-19(10-12-23-2)17(20)14-25-18(21)8-7-15-5-4-6-16(13-15)24-3/h4-8,13H,9-12,14H2,1-3H3. The Labute approximate surface area is 148 Å². The van der Waals surface area contributed by atoms with Crippen LogP contribution in [0, 0.1) is 0 Å². The molecule has 0 aromatic heterocycles. The average Bonchev–Trinajstić information content (AvgIpc) is 2.64. The Balaban J connectivity index is 2.49. The Hall–Kier alpha value is -2.38. The van der Waals surface area contributed by atoms with Crippen molar-refractivity contribution < 1.29 is 28.5 Å². The van der Waals surface area contributed by atoms with Gasteiger partial charge in [-0.05, 0) is 23.8 Å². The van der Waals surface area contributed by atoms with Crippen molar-refractivity contribution in [3.8, 4) is 5.75 Å². The zero-order valence-corrected chi connectivity index (χ0v) is 14.9. The second kappa shape index (κ2) is 12.0. The zero-order chi connectivity index (χ0) is 18.5. The van der Waals surface area contributed by atoms with Crippen LogP contribution >= 0.6 is 0 Å². The van der Waals surface area contributed by atoms with E-state index in [0.29, 0.717) is 32.1 Å². The minimum absolute atomic E-state index is 0.294.